The van der Waals surface area contributed by atoms with E-state index in [1.807, 2.05) is 0 Å². The van der Waals surface area contributed by atoms with E-state index in [1.165, 1.54) is 19.2 Å². The molecule has 2 aromatic carbocycles. The molecule has 0 saturated heterocycles. The molecule has 0 heterocycles. The van der Waals surface area contributed by atoms with Crippen molar-refractivity contribution >= 4 is 5.97 Å². The zero-order valence-electron chi connectivity index (χ0n) is 9.98. The standard InChI is InChI=1S/C14H10F2O3/c1-19-9-3-5-13(16)11(7-9)10-6-8(14(17)18)2-4-12(10)15/h2-7H,1H3,(H,17,18). The molecule has 1 N–H and O–H groups in total. The first kappa shape index (κ1) is 13.0. The zero-order valence-corrected chi connectivity index (χ0v) is 9.98. The number of ether oxygens (including phenoxy) is 1. The molecule has 0 amide bonds. The Balaban J connectivity index is 2.63. The van der Waals surface area contributed by atoms with Gasteiger partial charge in [0.15, 0.2) is 0 Å². The van der Waals surface area contributed by atoms with E-state index in [0.29, 0.717) is 5.75 Å². The van der Waals surface area contributed by atoms with Crippen molar-refractivity contribution in [1.29, 1.82) is 0 Å². The number of carbonyl (C=O) groups is 1. The fourth-order valence-electron chi connectivity index (χ4n) is 1.70. The highest BCUT2D eigenvalue weighted by atomic mass is 19.1. The number of methoxy groups -OCH3 is 1. The van der Waals surface area contributed by atoms with Gasteiger partial charge in [-0.1, -0.05) is 0 Å². The van der Waals surface area contributed by atoms with Gasteiger partial charge in [-0.15, -0.1) is 0 Å². The van der Waals surface area contributed by atoms with Crippen LogP contribution in [-0.2, 0) is 0 Å². The van der Waals surface area contributed by atoms with Crippen LogP contribution in [-0.4, -0.2) is 18.2 Å². The van der Waals surface area contributed by atoms with Gasteiger partial charge in [-0.3, -0.25) is 0 Å². The highest BCUT2D eigenvalue weighted by Gasteiger charge is 2.14. The number of hydrogen-bond acceptors (Lipinski definition) is 2. The van der Waals surface area contributed by atoms with E-state index in [9.17, 15) is 13.6 Å². The van der Waals surface area contributed by atoms with E-state index in [1.54, 1.807) is 0 Å². The topological polar surface area (TPSA) is 46.5 Å². The van der Waals surface area contributed by atoms with E-state index >= 15 is 0 Å². The molecule has 19 heavy (non-hydrogen) atoms. The lowest BCUT2D eigenvalue weighted by atomic mass is 10.0. The van der Waals surface area contributed by atoms with E-state index in [0.717, 1.165) is 24.3 Å². The normalized spacial score (nSPS) is 10.3. The molecule has 0 bridgehead atoms. The summed E-state index contributed by atoms with van der Waals surface area (Å²) < 4.78 is 32.4. The smallest absolute Gasteiger partial charge is 0.335 e. The van der Waals surface area contributed by atoms with Gasteiger partial charge in [-0.2, -0.15) is 0 Å². The molecule has 5 heteroatoms. The lowest BCUT2D eigenvalue weighted by Gasteiger charge is -2.08. The number of benzene rings is 2. The van der Waals surface area contributed by atoms with Gasteiger partial charge in [0.25, 0.3) is 0 Å². The van der Waals surface area contributed by atoms with Gasteiger partial charge in [0, 0.05) is 11.1 Å². The Morgan fingerprint density at radius 1 is 1.05 bits per heavy atom. The number of carboxylic acids is 1. The SMILES string of the molecule is COc1ccc(F)c(-c2cc(C(=O)O)ccc2F)c1. The summed E-state index contributed by atoms with van der Waals surface area (Å²) in [6.45, 7) is 0. The molecule has 0 spiro atoms. The maximum atomic E-state index is 13.7. The quantitative estimate of drug-likeness (QED) is 0.924. The third-order valence-electron chi connectivity index (χ3n) is 2.68. The van der Waals surface area contributed by atoms with Crippen LogP contribution in [0.3, 0.4) is 0 Å². The van der Waals surface area contributed by atoms with Gasteiger partial charge in [-0.05, 0) is 36.4 Å². The van der Waals surface area contributed by atoms with Crippen molar-refractivity contribution < 1.29 is 23.4 Å². The number of hydrogen-bond donors (Lipinski definition) is 1. The maximum Gasteiger partial charge on any atom is 0.335 e. The van der Waals surface area contributed by atoms with Crippen LogP contribution in [0.25, 0.3) is 11.1 Å². The Kier molecular flexibility index (Phi) is 3.46. The molecular formula is C14H10F2O3. The molecule has 2 aromatic rings. The molecule has 0 aliphatic heterocycles. The first-order chi connectivity index (χ1) is 9.02. The molecule has 0 unspecified atom stereocenters. The summed E-state index contributed by atoms with van der Waals surface area (Å²) in [6.07, 6.45) is 0. The minimum atomic E-state index is -1.20. The largest absolute Gasteiger partial charge is 0.497 e. The van der Waals surface area contributed by atoms with E-state index in [2.05, 4.69) is 0 Å². The van der Waals surface area contributed by atoms with Crippen LogP contribution in [0.5, 0.6) is 5.75 Å². The van der Waals surface area contributed by atoms with E-state index in [4.69, 9.17) is 9.84 Å². The van der Waals surface area contributed by atoms with Crippen LogP contribution in [0.15, 0.2) is 36.4 Å². The van der Waals surface area contributed by atoms with Crippen molar-refractivity contribution in [2.45, 2.75) is 0 Å². The Labute approximate surface area is 108 Å². The molecule has 0 fully saturated rings. The predicted molar refractivity (Wildman–Crippen MR) is 65.3 cm³/mol. The predicted octanol–water partition coefficient (Wildman–Crippen LogP) is 3.34. The van der Waals surface area contributed by atoms with Crippen molar-refractivity contribution in [3.63, 3.8) is 0 Å². The highest BCUT2D eigenvalue weighted by molar-refractivity contribution is 5.89. The van der Waals surface area contributed by atoms with Crippen LogP contribution in [0.2, 0.25) is 0 Å². The molecule has 0 aliphatic rings. The molecule has 2 rings (SSSR count). The second-order valence-corrected chi connectivity index (χ2v) is 3.85. The number of carboxylic acid groups (broad SMARTS) is 1. The van der Waals surface area contributed by atoms with Crippen LogP contribution < -0.4 is 4.74 Å². The minimum absolute atomic E-state index is 0.0417. The molecule has 0 radical (unpaired) electrons. The van der Waals surface area contributed by atoms with Crippen molar-refractivity contribution in [3.8, 4) is 16.9 Å². The first-order valence-electron chi connectivity index (χ1n) is 5.39. The Morgan fingerprint density at radius 3 is 2.21 bits per heavy atom. The van der Waals surface area contributed by atoms with Gasteiger partial charge >= 0.3 is 5.97 Å². The fourth-order valence-corrected chi connectivity index (χ4v) is 1.70. The van der Waals surface area contributed by atoms with E-state index < -0.39 is 17.6 Å². The lowest BCUT2D eigenvalue weighted by Crippen LogP contribution is -1.98. The summed E-state index contributed by atoms with van der Waals surface area (Å²) in [5, 5.41) is 8.88. The van der Waals surface area contributed by atoms with Gasteiger partial charge in [-0.25, -0.2) is 13.6 Å². The van der Waals surface area contributed by atoms with Crippen molar-refractivity contribution in [2.24, 2.45) is 0 Å². The van der Waals surface area contributed by atoms with Gasteiger partial charge in [0.1, 0.15) is 17.4 Å². The zero-order chi connectivity index (χ0) is 14.0. The van der Waals surface area contributed by atoms with Gasteiger partial charge in [0.2, 0.25) is 0 Å². The second-order valence-electron chi connectivity index (χ2n) is 3.85. The summed E-state index contributed by atoms with van der Waals surface area (Å²) in [6, 6.07) is 7.07. The first-order valence-corrected chi connectivity index (χ1v) is 5.39. The third-order valence-corrected chi connectivity index (χ3v) is 2.68. The Morgan fingerprint density at radius 2 is 1.63 bits per heavy atom. The molecule has 98 valence electrons. The van der Waals surface area contributed by atoms with Crippen molar-refractivity contribution in [2.75, 3.05) is 7.11 Å². The molecular weight excluding hydrogens is 254 g/mol. The fraction of sp³-hybridized carbons (Fsp3) is 0.0714. The average Bonchev–Trinajstić information content (AvgIpc) is 2.40. The third kappa shape index (κ3) is 2.54. The number of rotatable bonds is 3. The average molecular weight is 264 g/mol. The summed E-state index contributed by atoms with van der Waals surface area (Å²) in [4.78, 5) is 10.9. The maximum absolute atomic E-state index is 13.7. The van der Waals surface area contributed by atoms with Gasteiger partial charge in [0.05, 0.1) is 12.7 Å². The second kappa shape index (κ2) is 5.06. The minimum Gasteiger partial charge on any atom is -0.497 e. The van der Waals surface area contributed by atoms with Crippen LogP contribution in [0.4, 0.5) is 8.78 Å². The Hall–Kier alpha value is -2.43. The highest BCUT2D eigenvalue weighted by Crippen LogP contribution is 2.29. The van der Waals surface area contributed by atoms with Crippen LogP contribution >= 0.6 is 0 Å². The summed E-state index contributed by atoms with van der Waals surface area (Å²) >= 11 is 0. The summed E-state index contributed by atoms with van der Waals surface area (Å²) in [5.41, 5.74) is -0.269. The summed E-state index contributed by atoms with van der Waals surface area (Å²) in [5.74, 6) is -2.19. The number of aromatic carboxylic acids is 1. The summed E-state index contributed by atoms with van der Waals surface area (Å²) in [7, 11) is 1.40. The van der Waals surface area contributed by atoms with E-state index in [-0.39, 0.29) is 16.7 Å². The molecule has 0 aromatic heterocycles. The Bertz CT molecular complexity index is 639. The molecule has 3 nitrogen and oxygen atoms in total. The van der Waals surface area contributed by atoms with Gasteiger partial charge < -0.3 is 9.84 Å². The molecule has 0 aliphatic carbocycles. The van der Waals surface area contributed by atoms with Crippen molar-refractivity contribution in [3.05, 3.63) is 53.6 Å². The molecule has 0 atom stereocenters. The van der Waals surface area contributed by atoms with Crippen LogP contribution in [0, 0.1) is 11.6 Å². The van der Waals surface area contributed by atoms with Crippen LogP contribution in [0.1, 0.15) is 10.4 Å². The number of halogens is 2. The lowest BCUT2D eigenvalue weighted by molar-refractivity contribution is 0.0697. The monoisotopic (exact) mass is 264 g/mol. The van der Waals surface area contributed by atoms with Crippen molar-refractivity contribution in [1.82, 2.24) is 0 Å². The molecule has 0 saturated carbocycles.